The topological polar surface area (TPSA) is 30.2 Å². The Labute approximate surface area is 127 Å². The smallest absolute Gasteiger partial charge is 0.185 e. The summed E-state index contributed by atoms with van der Waals surface area (Å²) < 4.78 is 19.2. The van der Waals surface area contributed by atoms with Crippen LogP contribution in [0, 0.1) is 5.82 Å². The van der Waals surface area contributed by atoms with Gasteiger partial charge in [-0.1, -0.05) is 42.5 Å². The Hall–Kier alpha value is -2.94. The van der Waals surface area contributed by atoms with Crippen LogP contribution in [0.4, 0.5) is 4.39 Å². The Morgan fingerprint density at radius 2 is 1.64 bits per heavy atom. The molecule has 0 fully saturated rings. The summed E-state index contributed by atoms with van der Waals surface area (Å²) in [7, 11) is 0. The molecule has 0 spiro atoms. The van der Waals surface area contributed by atoms with E-state index in [2.05, 4.69) is 0 Å². The van der Waals surface area contributed by atoms with Crippen LogP contribution in [0.25, 0.3) is 17.4 Å². The van der Waals surface area contributed by atoms with Crippen molar-refractivity contribution in [2.45, 2.75) is 0 Å². The van der Waals surface area contributed by atoms with Gasteiger partial charge < -0.3 is 4.42 Å². The van der Waals surface area contributed by atoms with E-state index < -0.39 is 0 Å². The molecule has 0 aliphatic rings. The first-order valence-corrected chi connectivity index (χ1v) is 6.86. The lowest BCUT2D eigenvalue weighted by Gasteiger charge is -1.97. The van der Waals surface area contributed by atoms with Crippen LogP contribution in [-0.4, -0.2) is 5.78 Å². The third kappa shape index (κ3) is 3.04. The zero-order valence-electron chi connectivity index (χ0n) is 11.7. The highest BCUT2D eigenvalue weighted by molar-refractivity contribution is 6.06. The Morgan fingerprint density at radius 1 is 0.909 bits per heavy atom. The maximum Gasteiger partial charge on any atom is 0.185 e. The van der Waals surface area contributed by atoms with Gasteiger partial charge in [0.1, 0.15) is 17.3 Å². The number of hydrogen-bond acceptors (Lipinski definition) is 2. The summed E-state index contributed by atoms with van der Waals surface area (Å²) >= 11 is 0. The van der Waals surface area contributed by atoms with Gasteiger partial charge in [0.2, 0.25) is 0 Å². The Morgan fingerprint density at radius 3 is 2.41 bits per heavy atom. The molecule has 0 bridgehead atoms. The molecule has 3 aromatic rings. The SMILES string of the molecule is O=C(/C=C/c1ccc(-c2ccccc2F)o1)c1ccccc1. The van der Waals surface area contributed by atoms with Crippen LogP contribution >= 0.6 is 0 Å². The molecule has 0 aliphatic carbocycles. The van der Waals surface area contributed by atoms with E-state index in [1.165, 1.54) is 12.1 Å². The summed E-state index contributed by atoms with van der Waals surface area (Å²) in [6, 6.07) is 18.8. The molecule has 22 heavy (non-hydrogen) atoms. The molecule has 3 rings (SSSR count). The van der Waals surface area contributed by atoms with Crippen molar-refractivity contribution in [2.75, 3.05) is 0 Å². The van der Waals surface area contributed by atoms with Crippen molar-refractivity contribution in [3.8, 4) is 11.3 Å². The minimum Gasteiger partial charge on any atom is -0.457 e. The lowest BCUT2D eigenvalue weighted by molar-refractivity contribution is 0.104. The highest BCUT2D eigenvalue weighted by Gasteiger charge is 2.08. The highest BCUT2D eigenvalue weighted by Crippen LogP contribution is 2.25. The van der Waals surface area contributed by atoms with Gasteiger partial charge in [-0.3, -0.25) is 4.79 Å². The van der Waals surface area contributed by atoms with Gasteiger partial charge >= 0.3 is 0 Å². The number of carbonyl (C=O) groups is 1. The van der Waals surface area contributed by atoms with Gasteiger partial charge in [0.15, 0.2) is 5.78 Å². The number of benzene rings is 2. The monoisotopic (exact) mass is 292 g/mol. The van der Waals surface area contributed by atoms with E-state index in [0.29, 0.717) is 22.6 Å². The molecule has 0 N–H and O–H groups in total. The number of ketones is 1. The van der Waals surface area contributed by atoms with Crippen molar-refractivity contribution in [3.05, 3.63) is 89.9 Å². The number of hydrogen-bond donors (Lipinski definition) is 0. The number of furan rings is 1. The summed E-state index contributed by atoms with van der Waals surface area (Å²) in [5.41, 5.74) is 1.01. The van der Waals surface area contributed by atoms with Crippen molar-refractivity contribution < 1.29 is 13.6 Å². The standard InChI is InChI=1S/C19H13FO2/c20-17-9-5-4-8-16(17)19-13-11-15(22-19)10-12-18(21)14-6-2-1-3-7-14/h1-13H/b12-10+. The molecule has 0 amide bonds. The van der Waals surface area contributed by atoms with E-state index in [1.54, 1.807) is 48.5 Å². The fourth-order valence-electron chi connectivity index (χ4n) is 2.10. The maximum absolute atomic E-state index is 13.7. The summed E-state index contributed by atoms with van der Waals surface area (Å²) in [6.45, 7) is 0. The van der Waals surface area contributed by atoms with E-state index in [0.717, 1.165) is 0 Å². The minimum atomic E-state index is -0.340. The minimum absolute atomic E-state index is 0.107. The lowest BCUT2D eigenvalue weighted by Crippen LogP contribution is -1.92. The van der Waals surface area contributed by atoms with Gasteiger partial charge in [0.05, 0.1) is 5.56 Å². The molecule has 0 atom stereocenters. The van der Waals surface area contributed by atoms with Crippen LogP contribution in [0.5, 0.6) is 0 Å². The summed E-state index contributed by atoms with van der Waals surface area (Å²) in [4.78, 5) is 12.0. The quantitative estimate of drug-likeness (QED) is 0.501. The third-order valence-corrected chi connectivity index (χ3v) is 3.22. The third-order valence-electron chi connectivity index (χ3n) is 3.22. The summed E-state index contributed by atoms with van der Waals surface area (Å²) in [6.07, 6.45) is 3.03. The van der Waals surface area contributed by atoms with E-state index in [9.17, 15) is 9.18 Å². The van der Waals surface area contributed by atoms with Gasteiger partial charge in [-0.2, -0.15) is 0 Å². The molecule has 2 aromatic carbocycles. The molecule has 0 saturated carbocycles. The van der Waals surface area contributed by atoms with Crippen molar-refractivity contribution in [1.82, 2.24) is 0 Å². The second-order valence-electron chi connectivity index (χ2n) is 4.75. The second kappa shape index (κ2) is 6.22. The number of allylic oxidation sites excluding steroid dienone is 1. The molecule has 3 heteroatoms. The van der Waals surface area contributed by atoms with Crippen molar-refractivity contribution >= 4 is 11.9 Å². The largest absolute Gasteiger partial charge is 0.457 e. The molecule has 0 saturated heterocycles. The Bertz CT molecular complexity index is 816. The van der Waals surface area contributed by atoms with Crippen LogP contribution in [0.3, 0.4) is 0 Å². The van der Waals surface area contributed by atoms with Gasteiger partial charge in [-0.15, -0.1) is 0 Å². The molecule has 0 aliphatic heterocycles. The normalized spacial score (nSPS) is 11.0. The van der Waals surface area contributed by atoms with Crippen molar-refractivity contribution in [3.63, 3.8) is 0 Å². The van der Waals surface area contributed by atoms with E-state index in [4.69, 9.17) is 4.42 Å². The summed E-state index contributed by atoms with van der Waals surface area (Å²) in [5.74, 6) is 0.490. The van der Waals surface area contributed by atoms with Crippen LogP contribution < -0.4 is 0 Å². The molecular weight excluding hydrogens is 279 g/mol. The second-order valence-corrected chi connectivity index (χ2v) is 4.75. The van der Waals surface area contributed by atoms with Crippen molar-refractivity contribution in [2.24, 2.45) is 0 Å². The van der Waals surface area contributed by atoms with Crippen molar-refractivity contribution in [1.29, 1.82) is 0 Å². The molecule has 108 valence electrons. The van der Waals surface area contributed by atoms with Crippen LogP contribution in [0.15, 0.2) is 77.2 Å². The molecular formula is C19H13FO2. The van der Waals surface area contributed by atoms with Crippen LogP contribution in [0.2, 0.25) is 0 Å². The Kier molecular flexibility index (Phi) is 3.97. The number of halogens is 1. The zero-order valence-corrected chi connectivity index (χ0v) is 11.7. The first kappa shape index (κ1) is 14.0. The predicted octanol–water partition coefficient (Wildman–Crippen LogP) is 4.98. The molecule has 0 unspecified atom stereocenters. The predicted molar refractivity (Wildman–Crippen MR) is 83.9 cm³/mol. The first-order valence-electron chi connectivity index (χ1n) is 6.86. The Balaban J connectivity index is 1.79. The van der Waals surface area contributed by atoms with Gasteiger partial charge in [0.25, 0.3) is 0 Å². The van der Waals surface area contributed by atoms with E-state index in [1.807, 2.05) is 18.2 Å². The van der Waals surface area contributed by atoms with Crippen LogP contribution in [0.1, 0.15) is 16.1 Å². The van der Waals surface area contributed by atoms with E-state index >= 15 is 0 Å². The van der Waals surface area contributed by atoms with Crippen LogP contribution in [-0.2, 0) is 0 Å². The molecule has 1 heterocycles. The summed E-state index contributed by atoms with van der Waals surface area (Å²) in [5, 5.41) is 0. The van der Waals surface area contributed by atoms with Gasteiger partial charge in [0, 0.05) is 5.56 Å². The fraction of sp³-hybridized carbons (Fsp3) is 0. The zero-order chi connectivity index (χ0) is 15.4. The molecule has 1 aromatic heterocycles. The number of carbonyl (C=O) groups excluding carboxylic acids is 1. The average Bonchev–Trinajstić information content (AvgIpc) is 3.02. The highest BCUT2D eigenvalue weighted by atomic mass is 19.1. The maximum atomic E-state index is 13.7. The van der Waals surface area contributed by atoms with E-state index in [-0.39, 0.29) is 11.6 Å². The fourth-order valence-corrected chi connectivity index (χ4v) is 2.10. The number of rotatable bonds is 4. The molecule has 0 radical (unpaired) electrons. The molecule has 2 nitrogen and oxygen atoms in total. The van der Waals surface area contributed by atoms with Gasteiger partial charge in [-0.25, -0.2) is 4.39 Å². The van der Waals surface area contributed by atoms with Gasteiger partial charge in [-0.05, 0) is 36.4 Å². The average molecular weight is 292 g/mol. The lowest BCUT2D eigenvalue weighted by atomic mass is 10.1. The first-order chi connectivity index (χ1) is 10.7.